The van der Waals surface area contributed by atoms with Gasteiger partial charge in [-0.3, -0.25) is 0 Å². The minimum Gasteiger partial charge on any atom is -0.337 e. The average molecular weight is 288 g/mol. The molecule has 0 spiro atoms. The highest BCUT2D eigenvalue weighted by molar-refractivity contribution is 5.24. The molecule has 1 aromatic rings. The maximum absolute atomic E-state index is 13.2. The Labute approximate surface area is 115 Å². The summed E-state index contributed by atoms with van der Waals surface area (Å²) >= 11 is 0. The Morgan fingerprint density at radius 1 is 1.50 bits per heavy atom. The van der Waals surface area contributed by atoms with Crippen LogP contribution in [0.25, 0.3) is 0 Å². The van der Waals surface area contributed by atoms with Gasteiger partial charge < -0.3 is 15.2 Å². The number of alkyl halides is 3. The van der Waals surface area contributed by atoms with Gasteiger partial charge in [0.25, 0.3) is 0 Å². The van der Waals surface area contributed by atoms with Gasteiger partial charge in [-0.05, 0) is 13.3 Å². The van der Waals surface area contributed by atoms with Crippen molar-refractivity contribution in [3.63, 3.8) is 0 Å². The van der Waals surface area contributed by atoms with Crippen LogP contribution in [0, 0.1) is 10.8 Å². The zero-order valence-corrected chi connectivity index (χ0v) is 11.6. The topological polar surface area (TPSA) is 41.9 Å². The second kappa shape index (κ2) is 4.21. The molecular weight excluding hydrogens is 269 g/mol. The first kappa shape index (κ1) is 13.9. The first-order chi connectivity index (χ1) is 9.31. The Hall–Kier alpha value is -1.08. The number of hydrogen-bond donors (Lipinski definition) is 2. The SMILES string of the molecule is CC(NC[C@@]12CNC[C@]1(C(F)(F)F)C2)c1nccn1C. The number of hydrogen-bond acceptors (Lipinski definition) is 3. The van der Waals surface area contributed by atoms with Crippen molar-refractivity contribution in [2.24, 2.45) is 17.9 Å². The quantitative estimate of drug-likeness (QED) is 0.884. The number of piperidine rings is 1. The Morgan fingerprint density at radius 3 is 2.80 bits per heavy atom. The van der Waals surface area contributed by atoms with Crippen molar-refractivity contribution >= 4 is 0 Å². The van der Waals surface area contributed by atoms with Crippen LogP contribution in [0.15, 0.2) is 12.4 Å². The maximum Gasteiger partial charge on any atom is 0.396 e. The van der Waals surface area contributed by atoms with Crippen LogP contribution in [0.3, 0.4) is 0 Å². The lowest BCUT2D eigenvalue weighted by Gasteiger charge is -2.22. The van der Waals surface area contributed by atoms with Crippen LogP contribution in [-0.4, -0.2) is 35.4 Å². The fraction of sp³-hybridized carbons (Fsp3) is 0.769. The first-order valence-corrected chi connectivity index (χ1v) is 6.79. The molecule has 3 rings (SSSR count). The lowest BCUT2D eigenvalue weighted by molar-refractivity contribution is -0.190. The van der Waals surface area contributed by atoms with Crippen LogP contribution in [0.1, 0.15) is 25.2 Å². The minimum atomic E-state index is -4.12. The summed E-state index contributed by atoms with van der Waals surface area (Å²) in [4.78, 5) is 4.23. The van der Waals surface area contributed by atoms with E-state index in [1.807, 2.05) is 24.7 Å². The normalized spacial score (nSPS) is 34.0. The predicted molar refractivity (Wildman–Crippen MR) is 68.0 cm³/mol. The van der Waals surface area contributed by atoms with Crippen molar-refractivity contribution in [3.05, 3.63) is 18.2 Å². The molecule has 4 nitrogen and oxygen atoms in total. The van der Waals surface area contributed by atoms with Crippen LogP contribution < -0.4 is 10.6 Å². The van der Waals surface area contributed by atoms with E-state index in [1.54, 1.807) is 6.20 Å². The molecule has 1 unspecified atom stereocenters. The zero-order chi connectivity index (χ0) is 14.6. The van der Waals surface area contributed by atoms with Crippen LogP contribution in [0.5, 0.6) is 0 Å². The number of rotatable bonds is 4. The average Bonchev–Trinajstić information content (AvgIpc) is 2.70. The lowest BCUT2D eigenvalue weighted by Crippen LogP contribution is -2.36. The van der Waals surface area contributed by atoms with Crippen molar-refractivity contribution < 1.29 is 13.2 Å². The molecule has 1 aromatic heterocycles. The predicted octanol–water partition coefficient (Wildman–Crippen LogP) is 1.61. The summed E-state index contributed by atoms with van der Waals surface area (Å²) in [7, 11) is 1.88. The molecule has 0 amide bonds. The van der Waals surface area contributed by atoms with Crippen LogP contribution in [0.4, 0.5) is 13.2 Å². The smallest absolute Gasteiger partial charge is 0.337 e. The van der Waals surface area contributed by atoms with Gasteiger partial charge in [0, 0.05) is 44.5 Å². The molecule has 20 heavy (non-hydrogen) atoms. The monoisotopic (exact) mass is 288 g/mol. The van der Waals surface area contributed by atoms with Crippen molar-refractivity contribution in [1.82, 2.24) is 20.2 Å². The molecular formula is C13H19F3N4. The summed E-state index contributed by atoms with van der Waals surface area (Å²) in [6.07, 6.45) is -0.360. The lowest BCUT2D eigenvalue weighted by atomic mass is 9.95. The van der Waals surface area contributed by atoms with E-state index in [0.717, 1.165) is 5.82 Å². The van der Waals surface area contributed by atoms with E-state index in [0.29, 0.717) is 13.1 Å². The van der Waals surface area contributed by atoms with E-state index in [9.17, 15) is 13.2 Å². The largest absolute Gasteiger partial charge is 0.396 e. The summed E-state index contributed by atoms with van der Waals surface area (Å²) in [6.45, 7) is 2.79. The second-order valence-corrected chi connectivity index (χ2v) is 6.14. The second-order valence-electron chi connectivity index (χ2n) is 6.14. The molecule has 2 aliphatic rings. The van der Waals surface area contributed by atoms with Gasteiger partial charge in [0.2, 0.25) is 0 Å². The maximum atomic E-state index is 13.2. The third-order valence-corrected chi connectivity index (χ3v) is 4.96. The third kappa shape index (κ3) is 1.79. The first-order valence-electron chi connectivity index (χ1n) is 6.79. The molecule has 1 saturated heterocycles. The molecule has 0 aromatic carbocycles. The molecule has 3 atom stereocenters. The number of imidazole rings is 1. The molecule has 1 aliphatic carbocycles. The highest BCUT2D eigenvalue weighted by atomic mass is 19.4. The summed E-state index contributed by atoms with van der Waals surface area (Å²) in [5, 5.41) is 6.12. The van der Waals surface area contributed by atoms with Gasteiger partial charge in [0.1, 0.15) is 5.82 Å². The van der Waals surface area contributed by atoms with Crippen LogP contribution in [0.2, 0.25) is 0 Å². The molecule has 2 fully saturated rings. The summed E-state index contributed by atoms with van der Waals surface area (Å²) < 4.78 is 41.5. The molecule has 112 valence electrons. The number of nitrogens with zero attached hydrogens (tertiary/aromatic N) is 2. The Morgan fingerprint density at radius 2 is 2.25 bits per heavy atom. The van der Waals surface area contributed by atoms with E-state index in [2.05, 4.69) is 15.6 Å². The Kier molecular flexibility index (Phi) is 2.92. The van der Waals surface area contributed by atoms with Gasteiger partial charge in [-0.1, -0.05) is 0 Å². The van der Waals surface area contributed by atoms with E-state index >= 15 is 0 Å². The van der Waals surface area contributed by atoms with Crippen molar-refractivity contribution in [3.8, 4) is 0 Å². The van der Waals surface area contributed by atoms with Gasteiger partial charge in [-0.2, -0.15) is 13.2 Å². The van der Waals surface area contributed by atoms with Crippen molar-refractivity contribution in [2.75, 3.05) is 19.6 Å². The van der Waals surface area contributed by atoms with E-state index in [4.69, 9.17) is 0 Å². The molecule has 7 heteroatoms. The van der Waals surface area contributed by atoms with Crippen molar-refractivity contribution in [2.45, 2.75) is 25.6 Å². The number of nitrogens with one attached hydrogen (secondary N) is 2. The number of fused-ring (bicyclic) bond motifs is 1. The standard InChI is InChI=1S/C13H19F3N4/c1-9(10-18-3-4-20(10)2)19-7-11-5-12(11,8-17-6-11)13(14,15)16/h3-4,9,17,19H,5-8H2,1-2H3/t9?,11-,12-/m1/s1. The van der Waals surface area contributed by atoms with E-state index in [1.165, 1.54) is 0 Å². The van der Waals surface area contributed by atoms with Crippen LogP contribution in [-0.2, 0) is 7.05 Å². The summed E-state index contributed by atoms with van der Waals surface area (Å²) in [5.41, 5.74) is -2.20. The van der Waals surface area contributed by atoms with Gasteiger partial charge in [-0.15, -0.1) is 0 Å². The summed E-state index contributed by atoms with van der Waals surface area (Å²) in [6, 6.07) is -0.0588. The minimum absolute atomic E-state index is 0.0506. The van der Waals surface area contributed by atoms with E-state index < -0.39 is 17.0 Å². The Balaban J connectivity index is 1.67. The van der Waals surface area contributed by atoms with Crippen LogP contribution >= 0.6 is 0 Å². The number of aromatic nitrogens is 2. The molecule has 0 bridgehead atoms. The zero-order valence-electron chi connectivity index (χ0n) is 11.6. The van der Waals surface area contributed by atoms with Gasteiger partial charge in [0.15, 0.2) is 0 Å². The molecule has 2 heterocycles. The number of halogens is 3. The fourth-order valence-electron chi connectivity index (χ4n) is 3.56. The molecule has 1 aliphatic heterocycles. The van der Waals surface area contributed by atoms with Gasteiger partial charge in [0.05, 0.1) is 11.5 Å². The third-order valence-electron chi connectivity index (χ3n) is 4.96. The Bertz CT molecular complexity index is 512. The highest BCUT2D eigenvalue weighted by Crippen LogP contribution is 2.72. The highest BCUT2D eigenvalue weighted by Gasteiger charge is 2.81. The summed E-state index contributed by atoms with van der Waals surface area (Å²) in [5.74, 6) is 0.839. The fourth-order valence-corrected chi connectivity index (χ4v) is 3.56. The molecule has 0 radical (unpaired) electrons. The molecule has 1 saturated carbocycles. The number of aryl methyl sites for hydroxylation is 1. The molecule has 2 N–H and O–H groups in total. The van der Waals surface area contributed by atoms with Gasteiger partial charge in [-0.25, -0.2) is 4.98 Å². The van der Waals surface area contributed by atoms with E-state index in [-0.39, 0.29) is 19.0 Å². The van der Waals surface area contributed by atoms with Gasteiger partial charge >= 0.3 is 6.18 Å². The van der Waals surface area contributed by atoms with Crippen molar-refractivity contribution in [1.29, 1.82) is 0 Å².